The summed E-state index contributed by atoms with van der Waals surface area (Å²) in [6, 6.07) is 6.06. The lowest BCUT2D eigenvalue weighted by Gasteiger charge is -2.10. The van der Waals surface area contributed by atoms with E-state index in [1.54, 1.807) is 19.1 Å². The van der Waals surface area contributed by atoms with Crippen LogP contribution in [-0.4, -0.2) is 21.2 Å². The number of nitrogens with one attached hydrogen (secondary N) is 1. The van der Waals surface area contributed by atoms with Crippen LogP contribution in [0, 0.1) is 6.92 Å². The topological polar surface area (TPSA) is 75.1 Å². The van der Waals surface area contributed by atoms with Crippen molar-refractivity contribution >= 4 is 23.2 Å². The molecule has 104 valence electrons. The summed E-state index contributed by atoms with van der Waals surface area (Å²) < 4.78 is 0. The minimum absolute atomic E-state index is 0.0451. The molecule has 2 N–H and O–H groups in total. The SMILES string of the molecule is CCc1nnc(C)cc1C(=O)Nc1ccc(O)cc1Cl. The van der Waals surface area contributed by atoms with E-state index in [-0.39, 0.29) is 16.7 Å². The molecule has 0 unspecified atom stereocenters. The summed E-state index contributed by atoms with van der Waals surface area (Å²) in [4.78, 5) is 12.3. The number of amides is 1. The van der Waals surface area contributed by atoms with Crippen LogP contribution in [0.2, 0.25) is 5.02 Å². The second-order valence-electron chi connectivity index (χ2n) is 4.32. The van der Waals surface area contributed by atoms with E-state index in [2.05, 4.69) is 15.5 Å². The van der Waals surface area contributed by atoms with Gasteiger partial charge in [0.25, 0.3) is 5.91 Å². The number of halogens is 1. The number of aromatic nitrogens is 2. The molecular formula is C14H14ClN3O2. The number of rotatable bonds is 3. The molecule has 2 rings (SSSR count). The molecular weight excluding hydrogens is 278 g/mol. The van der Waals surface area contributed by atoms with Gasteiger partial charge in [0.05, 0.1) is 27.7 Å². The standard InChI is InChI=1S/C14H14ClN3O2/c1-3-12-10(6-8(2)17-18-12)14(20)16-13-5-4-9(19)7-11(13)15/h4-7,19H,3H2,1-2H3,(H,16,20). The van der Waals surface area contributed by atoms with Crippen LogP contribution in [0.4, 0.5) is 5.69 Å². The third-order valence-corrected chi connectivity index (χ3v) is 3.09. The average molecular weight is 292 g/mol. The van der Waals surface area contributed by atoms with Crippen LogP contribution in [-0.2, 0) is 6.42 Å². The molecule has 0 aliphatic rings. The average Bonchev–Trinajstić information content (AvgIpc) is 2.41. The summed E-state index contributed by atoms with van der Waals surface area (Å²) >= 11 is 5.96. The van der Waals surface area contributed by atoms with Crippen molar-refractivity contribution in [3.05, 3.63) is 46.2 Å². The lowest BCUT2D eigenvalue weighted by atomic mass is 10.1. The van der Waals surface area contributed by atoms with Gasteiger partial charge in [0, 0.05) is 6.07 Å². The van der Waals surface area contributed by atoms with E-state index in [1.807, 2.05) is 6.92 Å². The van der Waals surface area contributed by atoms with Crippen molar-refractivity contribution < 1.29 is 9.90 Å². The van der Waals surface area contributed by atoms with Gasteiger partial charge in [-0.25, -0.2) is 0 Å². The van der Waals surface area contributed by atoms with Crippen LogP contribution in [0.25, 0.3) is 0 Å². The molecule has 0 aliphatic carbocycles. The Kier molecular flexibility index (Phi) is 4.20. The number of carbonyl (C=O) groups is 1. The van der Waals surface area contributed by atoms with Crippen LogP contribution in [0.1, 0.15) is 28.7 Å². The Bertz CT molecular complexity index is 659. The highest BCUT2D eigenvalue weighted by Gasteiger charge is 2.14. The Morgan fingerprint density at radius 2 is 2.10 bits per heavy atom. The summed E-state index contributed by atoms with van der Waals surface area (Å²) in [5, 5.41) is 20.2. The van der Waals surface area contributed by atoms with E-state index in [4.69, 9.17) is 11.6 Å². The second-order valence-corrected chi connectivity index (χ2v) is 4.73. The molecule has 1 amide bonds. The van der Waals surface area contributed by atoms with E-state index < -0.39 is 0 Å². The van der Waals surface area contributed by atoms with Gasteiger partial charge in [-0.05, 0) is 31.5 Å². The number of phenolic OH excluding ortho intramolecular Hbond substituents is 1. The van der Waals surface area contributed by atoms with E-state index in [9.17, 15) is 9.90 Å². The van der Waals surface area contributed by atoms with Crippen molar-refractivity contribution in [2.45, 2.75) is 20.3 Å². The first-order chi connectivity index (χ1) is 9.51. The van der Waals surface area contributed by atoms with E-state index >= 15 is 0 Å². The second kappa shape index (κ2) is 5.88. The molecule has 6 heteroatoms. The number of nitrogens with zero attached hydrogens (tertiary/aromatic N) is 2. The first kappa shape index (κ1) is 14.3. The van der Waals surface area contributed by atoms with Gasteiger partial charge in [-0.2, -0.15) is 10.2 Å². The van der Waals surface area contributed by atoms with Gasteiger partial charge in [0.2, 0.25) is 0 Å². The highest BCUT2D eigenvalue weighted by molar-refractivity contribution is 6.34. The molecule has 1 aromatic carbocycles. The molecule has 0 saturated heterocycles. The first-order valence-corrected chi connectivity index (χ1v) is 6.52. The van der Waals surface area contributed by atoms with Crippen LogP contribution in [0.15, 0.2) is 24.3 Å². The molecule has 2 aromatic rings. The molecule has 20 heavy (non-hydrogen) atoms. The van der Waals surface area contributed by atoms with E-state index in [0.29, 0.717) is 29.1 Å². The van der Waals surface area contributed by atoms with Crippen LogP contribution >= 0.6 is 11.6 Å². The van der Waals surface area contributed by atoms with Gasteiger partial charge in [0.1, 0.15) is 5.75 Å². The fraction of sp³-hybridized carbons (Fsp3) is 0.214. The minimum atomic E-state index is -0.299. The van der Waals surface area contributed by atoms with Gasteiger partial charge in [0.15, 0.2) is 0 Å². The molecule has 1 heterocycles. The number of benzene rings is 1. The Balaban J connectivity index is 2.30. The van der Waals surface area contributed by atoms with Crippen LogP contribution in [0.3, 0.4) is 0 Å². The van der Waals surface area contributed by atoms with Crippen molar-refractivity contribution in [3.63, 3.8) is 0 Å². The summed E-state index contributed by atoms with van der Waals surface area (Å²) in [6.07, 6.45) is 0.610. The van der Waals surface area contributed by atoms with Gasteiger partial charge < -0.3 is 10.4 Å². The molecule has 0 bridgehead atoms. The molecule has 0 saturated carbocycles. The smallest absolute Gasteiger partial charge is 0.257 e. The number of phenols is 1. The Morgan fingerprint density at radius 3 is 2.75 bits per heavy atom. The summed E-state index contributed by atoms with van der Waals surface area (Å²) in [6.45, 7) is 3.68. The normalized spacial score (nSPS) is 10.3. The Hall–Kier alpha value is -2.14. The fourth-order valence-electron chi connectivity index (χ4n) is 1.77. The predicted molar refractivity (Wildman–Crippen MR) is 77.2 cm³/mol. The van der Waals surface area contributed by atoms with Crippen molar-refractivity contribution in [1.29, 1.82) is 0 Å². The molecule has 0 aliphatic heterocycles. The zero-order chi connectivity index (χ0) is 14.7. The van der Waals surface area contributed by atoms with Crippen molar-refractivity contribution in [1.82, 2.24) is 10.2 Å². The number of hydrogen-bond donors (Lipinski definition) is 2. The molecule has 0 atom stereocenters. The third-order valence-electron chi connectivity index (χ3n) is 2.77. The van der Waals surface area contributed by atoms with Crippen molar-refractivity contribution in [2.75, 3.05) is 5.32 Å². The number of hydrogen-bond acceptors (Lipinski definition) is 4. The third kappa shape index (κ3) is 3.05. The van der Waals surface area contributed by atoms with Crippen molar-refractivity contribution in [3.8, 4) is 5.75 Å². The summed E-state index contributed by atoms with van der Waals surface area (Å²) in [7, 11) is 0. The highest BCUT2D eigenvalue weighted by atomic mass is 35.5. The Morgan fingerprint density at radius 1 is 1.35 bits per heavy atom. The lowest BCUT2D eigenvalue weighted by molar-refractivity contribution is 0.102. The quantitative estimate of drug-likeness (QED) is 0.853. The number of aromatic hydroxyl groups is 1. The van der Waals surface area contributed by atoms with Gasteiger partial charge in [-0.15, -0.1) is 0 Å². The minimum Gasteiger partial charge on any atom is -0.508 e. The zero-order valence-electron chi connectivity index (χ0n) is 11.1. The lowest BCUT2D eigenvalue weighted by Crippen LogP contribution is -2.16. The highest BCUT2D eigenvalue weighted by Crippen LogP contribution is 2.26. The van der Waals surface area contributed by atoms with E-state index in [0.717, 1.165) is 0 Å². The monoisotopic (exact) mass is 291 g/mol. The maximum absolute atomic E-state index is 12.3. The molecule has 5 nitrogen and oxygen atoms in total. The van der Waals surface area contributed by atoms with Gasteiger partial charge in [-0.3, -0.25) is 4.79 Å². The van der Waals surface area contributed by atoms with Crippen LogP contribution < -0.4 is 5.32 Å². The first-order valence-electron chi connectivity index (χ1n) is 6.14. The largest absolute Gasteiger partial charge is 0.508 e. The van der Waals surface area contributed by atoms with E-state index in [1.165, 1.54) is 12.1 Å². The van der Waals surface area contributed by atoms with Crippen molar-refractivity contribution in [2.24, 2.45) is 0 Å². The fourth-order valence-corrected chi connectivity index (χ4v) is 1.99. The molecule has 0 fully saturated rings. The number of anilines is 1. The van der Waals surface area contributed by atoms with Gasteiger partial charge in [-0.1, -0.05) is 18.5 Å². The number of carbonyl (C=O) groups excluding carboxylic acids is 1. The maximum atomic E-state index is 12.3. The van der Waals surface area contributed by atoms with Crippen LogP contribution in [0.5, 0.6) is 5.75 Å². The summed E-state index contributed by atoms with van der Waals surface area (Å²) in [5.41, 5.74) is 2.21. The predicted octanol–water partition coefficient (Wildman–Crippen LogP) is 2.96. The van der Waals surface area contributed by atoms with Gasteiger partial charge >= 0.3 is 0 Å². The number of aryl methyl sites for hydroxylation is 2. The molecule has 0 spiro atoms. The zero-order valence-corrected chi connectivity index (χ0v) is 11.9. The molecule has 1 aromatic heterocycles. The maximum Gasteiger partial charge on any atom is 0.257 e. The molecule has 0 radical (unpaired) electrons. The Labute approximate surface area is 121 Å². The summed E-state index contributed by atoms with van der Waals surface area (Å²) in [5.74, 6) is -0.254.